The van der Waals surface area contributed by atoms with E-state index in [-0.39, 0.29) is 18.0 Å². The van der Waals surface area contributed by atoms with Gasteiger partial charge in [-0.3, -0.25) is 0 Å². The number of ether oxygens (including phenoxy) is 3. The maximum atomic E-state index is 9.91. The second kappa shape index (κ2) is 9.60. The molecule has 0 aliphatic heterocycles. The number of anilines is 1. The van der Waals surface area contributed by atoms with Crippen molar-refractivity contribution in [1.82, 2.24) is 15.0 Å². The smallest absolute Gasteiger partial charge is 0.319 e. The maximum Gasteiger partial charge on any atom is 0.319 e. The van der Waals surface area contributed by atoms with Crippen molar-refractivity contribution < 1.29 is 19.3 Å². The highest BCUT2D eigenvalue weighted by Gasteiger charge is 2.13. The largest absolute Gasteiger partial charge is 0.493 e. The van der Waals surface area contributed by atoms with Crippen LogP contribution in [0.25, 0.3) is 12.2 Å². The molecule has 0 saturated carbocycles. The zero-order chi connectivity index (χ0) is 21.5. The molecule has 0 fully saturated rings. The van der Waals surface area contributed by atoms with Crippen LogP contribution in [0.15, 0.2) is 42.5 Å². The predicted octanol–water partition coefficient (Wildman–Crippen LogP) is 3.95. The third-order valence-electron chi connectivity index (χ3n) is 4.40. The quantitative estimate of drug-likeness (QED) is 0.578. The maximum absolute atomic E-state index is 9.91. The Bertz CT molecular complexity index is 1000. The van der Waals surface area contributed by atoms with Gasteiger partial charge in [0.2, 0.25) is 11.7 Å². The molecule has 0 aliphatic carbocycles. The van der Waals surface area contributed by atoms with Gasteiger partial charge in [0.15, 0.2) is 17.3 Å². The number of methoxy groups -OCH3 is 3. The molecule has 30 heavy (non-hydrogen) atoms. The molecule has 2 aromatic carbocycles. The van der Waals surface area contributed by atoms with Crippen LogP contribution in [0.5, 0.6) is 23.3 Å². The fourth-order valence-electron chi connectivity index (χ4n) is 2.91. The molecule has 0 aliphatic rings. The lowest BCUT2D eigenvalue weighted by Gasteiger charge is -2.14. The summed E-state index contributed by atoms with van der Waals surface area (Å²) in [4.78, 5) is 12.3. The molecule has 3 rings (SSSR count). The first-order valence-corrected chi connectivity index (χ1v) is 9.28. The summed E-state index contributed by atoms with van der Waals surface area (Å²) in [5, 5.41) is 13.1. The molecular formula is C22H24N4O4. The van der Waals surface area contributed by atoms with E-state index in [9.17, 15) is 5.11 Å². The highest BCUT2D eigenvalue weighted by atomic mass is 16.5. The van der Waals surface area contributed by atoms with Crippen molar-refractivity contribution in [3.8, 4) is 23.3 Å². The van der Waals surface area contributed by atoms with Crippen LogP contribution in [-0.2, 0) is 0 Å². The van der Waals surface area contributed by atoms with Crippen LogP contribution in [0.4, 0.5) is 5.95 Å². The lowest BCUT2D eigenvalue weighted by atomic mass is 10.1. The predicted molar refractivity (Wildman–Crippen MR) is 115 cm³/mol. The number of benzene rings is 2. The van der Waals surface area contributed by atoms with Gasteiger partial charge >= 0.3 is 6.01 Å². The summed E-state index contributed by atoms with van der Waals surface area (Å²) < 4.78 is 16.1. The van der Waals surface area contributed by atoms with Crippen LogP contribution >= 0.6 is 0 Å². The summed E-state index contributed by atoms with van der Waals surface area (Å²) >= 11 is 0. The topological polar surface area (TPSA) is 98.6 Å². The number of hydrogen-bond acceptors (Lipinski definition) is 8. The SMILES string of the molecule is COc1cc(C=Cc2nc(O)nc(NC(C)c3ccccc3)n2)cc(OC)c1OC. The summed E-state index contributed by atoms with van der Waals surface area (Å²) in [5.41, 5.74) is 1.86. The number of aromatic nitrogens is 3. The van der Waals surface area contributed by atoms with Crippen molar-refractivity contribution in [1.29, 1.82) is 0 Å². The van der Waals surface area contributed by atoms with E-state index in [0.717, 1.165) is 11.1 Å². The normalized spacial score (nSPS) is 11.9. The standard InChI is InChI=1S/C22H24N4O4/c1-14(16-8-6-5-7-9-16)23-21-24-19(25-22(27)26-21)11-10-15-12-17(28-2)20(30-4)18(13-15)29-3/h5-14H,1-4H3,(H2,23,24,25,26,27). The van der Waals surface area contributed by atoms with E-state index in [0.29, 0.717) is 23.1 Å². The zero-order valence-electron chi connectivity index (χ0n) is 17.3. The molecule has 0 saturated heterocycles. The highest BCUT2D eigenvalue weighted by molar-refractivity contribution is 5.71. The molecule has 3 aromatic rings. The summed E-state index contributed by atoms with van der Waals surface area (Å²) in [6.07, 6.45) is 3.45. The van der Waals surface area contributed by atoms with Gasteiger partial charge in [-0.2, -0.15) is 15.0 Å². The van der Waals surface area contributed by atoms with E-state index in [1.54, 1.807) is 45.6 Å². The van der Waals surface area contributed by atoms with Gasteiger partial charge in [-0.15, -0.1) is 0 Å². The Kier molecular flexibility index (Phi) is 6.69. The van der Waals surface area contributed by atoms with Crippen molar-refractivity contribution in [3.05, 3.63) is 59.4 Å². The van der Waals surface area contributed by atoms with Crippen molar-refractivity contribution in [2.75, 3.05) is 26.6 Å². The van der Waals surface area contributed by atoms with E-state index in [1.165, 1.54) is 0 Å². The third kappa shape index (κ3) is 4.96. The van der Waals surface area contributed by atoms with Crippen LogP contribution in [0, 0.1) is 0 Å². The van der Waals surface area contributed by atoms with Gasteiger partial charge in [-0.1, -0.05) is 36.4 Å². The Morgan fingerprint density at radius 1 is 0.900 bits per heavy atom. The van der Waals surface area contributed by atoms with Crippen LogP contribution in [0.1, 0.15) is 29.9 Å². The average molecular weight is 408 g/mol. The van der Waals surface area contributed by atoms with Gasteiger partial charge in [0.25, 0.3) is 0 Å². The lowest BCUT2D eigenvalue weighted by molar-refractivity contribution is 0.324. The van der Waals surface area contributed by atoms with Gasteiger partial charge in [-0.25, -0.2) is 0 Å². The van der Waals surface area contributed by atoms with Crippen LogP contribution < -0.4 is 19.5 Å². The van der Waals surface area contributed by atoms with Gasteiger partial charge in [0.1, 0.15) is 0 Å². The highest BCUT2D eigenvalue weighted by Crippen LogP contribution is 2.38. The first kappa shape index (κ1) is 20.9. The number of nitrogens with zero attached hydrogens (tertiary/aromatic N) is 3. The van der Waals surface area contributed by atoms with E-state index < -0.39 is 0 Å². The van der Waals surface area contributed by atoms with E-state index in [4.69, 9.17) is 14.2 Å². The number of hydrogen-bond donors (Lipinski definition) is 2. The van der Waals surface area contributed by atoms with Gasteiger partial charge in [0, 0.05) is 0 Å². The molecule has 0 amide bonds. The number of aromatic hydroxyl groups is 1. The molecule has 1 heterocycles. The molecule has 1 unspecified atom stereocenters. The number of rotatable bonds is 8. The average Bonchev–Trinajstić information content (AvgIpc) is 2.77. The molecule has 0 spiro atoms. The van der Waals surface area contributed by atoms with Crippen LogP contribution in [0.3, 0.4) is 0 Å². The zero-order valence-corrected chi connectivity index (χ0v) is 17.3. The molecule has 156 valence electrons. The molecule has 2 N–H and O–H groups in total. The minimum absolute atomic E-state index is 0.0417. The van der Waals surface area contributed by atoms with E-state index >= 15 is 0 Å². The summed E-state index contributed by atoms with van der Waals surface area (Å²) in [5.74, 6) is 2.17. The van der Waals surface area contributed by atoms with Crippen molar-refractivity contribution >= 4 is 18.1 Å². The molecule has 0 bridgehead atoms. The molecule has 1 atom stereocenters. The first-order valence-electron chi connectivity index (χ1n) is 9.28. The Labute approximate surface area is 175 Å². The number of nitrogens with one attached hydrogen (secondary N) is 1. The molecule has 0 radical (unpaired) electrons. The second-order valence-corrected chi connectivity index (χ2v) is 6.39. The monoisotopic (exact) mass is 408 g/mol. The van der Waals surface area contributed by atoms with Gasteiger partial charge in [-0.05, 0) is 36.3 Å². The van der Waals surface area contributed by atoms with Crippen LogP contribution in [0.2, 0.25) is 0 Å². The summed E-state index contributed by atoms with van der Waals surface area (Å²) in [6.45, 7) is 1.99. The van der Waals surface area contributed by atoms with E-state index in [1.807, 2.05) is 37.3 Å². The fourth-order valence-corrected chi connectivity index (χ4v) is 2.91. The molecule has 8 heteroatoms. The first-order chi connectivity index (χ1) is 14.5. The van der Waals surface area contributed by atoms with Gasteiger partial charge < -0.3 is 24.6 Å². The summed E-state index contributed by atoms with van der Waals surface area (Å²) in [6, 6.07) is 13.1. The molecule has 1 aromatic heterocycles. The Balaban J connectivity index is 1.84. The summed E-state index contributed by atoms with van der Waals surface area (Å²) in [7, 11) is 4.66. The second-order valence-electron chi connectivity index (χ2n) is 6.39. The molecule has 8 nitrogen and oxygen atoms in total. The van der Waals surface area contributed by atoms with E-state index in [2.05, 4.69) is 20.3 Å². The minimum Gasteiger partial charge on any atom is -0.493 e. The Hall–Kier alpha value is -3.81. The van der Waals surface area contributed by atoms with Gasteiger partial charge in [0.05, 0.1) is 27.4 Å². The minimum atomic E-state index is -0.364. The fraction of sp³-hybridized carbons (Fsp3) is 0.227. The Morgan fingerprint density at radius 3 is 2.17 bits per heavy atom. The molecular weight excluding hydrogens is 384 g/mol. The van der Waals surface area contributed by atoms with Crippen molar-refractivity contribution in [3.63, 3.8) is 0 Å². The van der Waals surface area contributed by atoms with Crippen molar-refractivity contribution in [2.24, 2.45) is 0 Å². The third-order valence-corrected chi connectivity index (χ3v) is 4.40. The Morgan fingerprint density at radius 2 is 1.57 bits per heavy atom. The van der Waals surface area contributed by atoms with Crippen molar-refractivity contribution in [2.45, 2.75) is 13.0 Å². The van der Waals surface area contributed by atoms with Crippen LogP contribution in [-0.4, -0.2) is 41.4 Å². The lowest BCUT2D eigenvalue weighted by Crippen LogP contribution is -2.10.